The number of hydrogen-bond acceptors (Lipinski definition) is 1. The first-order chi connectivity index (χ1) is 7.98. The lowest BCUT2D eigenvalue weighted by molar-refractivity contribution is -0.137. The van der Waals surface area contributed by atoms with Crippen molar-refractivity contribution in [3.8, 4) is 0 Å². The van der Waals surface area contributed by atoms with Gasteiger partial charge in [-0.3, -0.25) is 4.79 Å². The Hall–Kier alpha value is -1.32. The van der Waals surface area contributed by atoms with Gasteiger partial charge in [-0.25, -0.2) is 0 Å². The molecule has 4 heteroatoms. The summed E-state index contributed by atoms with van der Waals surface area (Å²) in [6.45, 7) is 0. The van der Waals surface area contributed by atoms with E-state index in [-0.39, 0.29) is 11.7 Å². The van der Waals surface area contributed by atoms with Crippen LogP contribution in [-0.2, 0) is 11.0 Å². The highest BCUT2D eigenvalue weighted by Crippen LogP contribution is 2.34. The molecule has 1 saturated carbocycles. The van der Waals surface area contributed by atoms with Crippen molar-refractivity contribution in [2.45, 2.75) is 37.8 Å². The van der Waals surface area contributed by atoms with Crippen LogP contribution in [0.2, 0.25) is 0 Å². The van der Waals surface area contributed by atoms with E-state index in [1.165, 1.54) is 6.07 Å². The predicted molar refractivity (Wildman–Crippen MR) is 57.7 cm³/mol. The van der Waals surface area contributed by atoms with Crippen LogP contribution in [0.5, 0.6) is 0 Å². The molecule has 1 aliphatic carbocycles. The first kappa shape index (κ1) is 12.1. The number of alkyl halides is 3. The van der Waals surface area contributed by atoms with E-state index in [1.54, 1.807) is 6.07 Å². The molecule has 0 bridgehead atoms. The lowest BCUT2D eigenvalue weighted by atomic mass is 9.82. The number of hydrogen-bond donors (Lipinski definition) is 0. The van der Waals surface area contributed by atoms with Gasteiger partial charge in [0.1, 0.15) is 5.78 Å². The number of carbonyl (C=O) groups excluding carboxylic acids is 1. The van der Waals surface area contributed by atoms with Crippen LogP contribution in [-0.4, -0.2) is 5.78 Å². The van der Waals surface area contributed by atoms with Gasteiger partial charge in [0, 0.05) is 12.3 Å². The van der Waals surface area contributed by atoms with Crippen LogP contribution in [0.15, 0.2) is 24.3 Å². The van der Waals surface area contributed by atoms with Crippen LogP contribution >= 0.6 is 0 Å². The number of rotatable bonds is 1. The minimum atomic E-state index is -4.34. The van der Waals surface area contributed by atoms with Crippen LogP contribution in [0, 0.1) is 0 Å². The molecule has 0 radical (unpaired) electrons. The second kappa shape index (κ2) is 4.51. The van der Waals surface area contributed by atoms with E-state index in [0.29, 0.717) is 18.4 Å². The third-order valence-corrected chi connectivity index (χ3v) is 3.17. The number of Topliss-reactive ketones (excluding diaryl/α,β-unsaturated/α-hetero) is 1. The quantitative estimate of drug-likeness (QED) is 0.729. The van der Waals surface area contributed by atoms with Gasteiger partial charge >= 0.3 is 6.18 Å². The Bertz CT molecular complexity index is 423. The molecule has 92 valence electrons. The summed E-state index contributed by atoms with van der Waals surface area (Å²) in [5.74, 6) is -0.276. The molecule has 2 rings (SSSR count). The molecular weight excluding hydrogens is 229 g/mol. The average molecular weight is 242 g/mol. The fourth-order valence-corrected chi connectivity index (χ4v) is 2.27. The number of carbonyl (C=O) groups is 1. The standard InChI is InChI=1S/C13H13F3O/c14-13(15,16)10-5-3-4-9(8-10)11-6-1-2-7-12(11)17/h3-5,8,11H,1-2,6-7H2/t11-/m0/s1. The molecule has 0 saturated heterocycles. The van der Waals surface area contributed by atoms with E-state index in [0.717, 1.165) is 25.0 Å². The summed E-state index contributed by atoms with van der Waals surface area (Å²) in [5.41, 5.74) is -0.169. The Labute approximate surface area is 97.6 Å². The van der Waals surface area contributed by atoms with Crippen molar-refractivity contribution in [2.75, 3.05) is 0 Å². The van der Waals surface area contributed by atoms with Gasteiger partial charge in [-0.2, -0.15) is 13.2 Å². The van der Waals surface area contributed by atoms with E-state index >= 15 is 0 Å². The summed E-state index contributed by atoms with van der Waals surface area (Å²) >= 11 is 0. The SMILES string of the molecule is O=C1CCCC[C@H]1c1cccc(C(F)(F)F)c1. The summed E-state index contributed by atoms with van der Waals surface area (Å²) in [5, 5.41) is 0. The molecule has 1 atom stereocenters. The topological polar surface area (TPSA) is 17.1 Å². The Morgan fingerprint density at radius 2 is 1.94 bits per heavy atom. The van der Waals surface area contributed by atoms with Crippen LogP contribution in [0.1, 0.15) is 42.7 Å². The van der Waals surface area contributed by atoms with Crippen LogP contribution in [0.25, 0.3) is 0 Å². The molecule has 1 aliphatic rings. The second-order valence-corrected chi connectivity index (χ2v) is 4.39. The Morgan fingerprint density at radius 1 is 1.18 bits per heavy atom. The smallest absolute Gasteiger partial charge is 0.299 e. The van der Waals surface area contributed by atoms with Crippen molar-refractivity contribution >= 4 is 5.78 Å². The van der Waals surface area contributed by atoms with Gasteiger partial charge in [0.15, 0.2) is 0 Å². The number of halogens is 3. The molecule has 0 N–H and O–H groups in total. The van der Waals surface area contributed by atoms with Crippen molar-refractivity contribution in [2.24, 2.45) is 0 Å². The Kier molecular flexibility index (Phi) is 3.22. The molecule has 1 nitrogen and oxygen atoms in total. The van der Waals surface area contributed by atoms with Crippen LogP contribution < -0.4 is 0 Å². The summed E-state index contributed by atoms with van der Waals surface area (Å²) in [6.07, 6.45) is -1.42. The maximum Gasteiger partial charge on any atom is 0.416 e. The normalized spacial score (nSPS) is 21.6. The van der Waals surface area contributed by atoms with Gasteiger partial charge in [0.25, 0.3) is 0 Å². The van der Waals surface area contributed by atoms with Crippen LogP contribution in [0.3, 0.4) is 0 Å². The number of ketones is 1. The first-order valence-electron chi connectivity index (χ1n) is 5.68. The van der Waals surface area contributed by atoms with Crippen molar-refractivity contribution in [3.63, 3.8) is 0 Å². The molecule has 1 aromatic carbocycles. The maximum atomic E-state index is 12.5. The molecule has 1 aromatic rings. The molecule has 17 heavy (non-hydrogen) atoms. The largest absolute Gasteiger partial charge is 0.416 e. The molecule has 0 aromatic heterocycles. The highest BCUT2D eigenvalue weighted by Gasteiger charge is 2.32. The molecule has 0 unspecified atom stereocenters. The van der Waals surface area contributed by atoms with E-state index < -0.39 is 11.7 Å². The van der Waals surface area contributed by atoms with Crippen molar-refractivity contribution in [3.05, 3.63) is 35.4 Å². The molecular formula is C13H13F3O. The number of benzene rings is 1. The highest BCUT2D eigenvalue weighted by atomic mass is 19.4. The average Bonchev–Trinajstić information content (AvgIpc) is 2.29. The molecule has 1 fully saturated rings. The molecule has 0 spiro atoms. The minimum absolute atomic E-state index is 0.0653. The molecule has 0 amide bonds. The minimum Gasteiger partial charge on any atom is -0.299 e. The lowest BCUT2D eigenvalue weighted by Gasteiger charge is -2.21. The van der Waals surface area contributed by atoms with Gasteiger partial charge in [0.2, 0.25) is 0 Å². The zero-order chi connectivity index (χ0) is 12.5. The van der Waals surface area contributed by atoms with Crippen molar-refractivity contribution < 1.29 is 18.0 Å². The molecule has 0 aliphatic heterocycles. The first-order valence-corrected chi connectivity index (χ1v) is 5.68. The Balaban J connectivity index is 2.29. The monoisotopic (exact) mass is 242 g/mol. The van der Waals surface area contributed by atoms with Crippen molar-refractivity contribution in [1.82, 2.24) is 0 Å². The predicted octanol–water partition coefficient (Wildman–Crippen LogP) is 3.93. The second-order valence-electron chi connectivity index (χ2n) is 4.39. The Morgan fingerprint density at radius 3 is 2.59 bits per heavy atom. The summed E-state index contributed by atoms with van der Waals surface area (Å²) in [6, 6.07) is 5.13. The van der Waals surface area contributed by atoms with Gasteiger partial charge < -0.3 is 0 Å². The van der Waals surface area contributed by atoms with E-state index in [1.807, 2.05) is 0 Å². The summed E-state index contributed by atoms with van der Waals surface area (Å²) in [7, 11) is 0. The van der Waals surface area contributed by atoms with Crippen molar-refractivity contribution in [1.29, 1.82) is 0 Å². The third-order valence-electron chi connectivity index (χ3n) is 3.17. The fraction of sp³-hybridized carbons (Fsp3) is 0.462. The molecule has 0 heterocycles. The third kappa shape index (κ3) is 2.68. The lowest BCUT2D eigenvalue weighted by Crippen LogP contribution is -2.17. The highest BCUT2D eigenvalue weighted by molar-refractivity contribution is 5.86. The van der Waals surface area contributed by atoms with Gasteiger partial charge in [-0.15, -0.1) is 0 Å². The summed E-state index contributed by atoms with van der Waals surface area (Å²) in [4.78, 5) is 11.7. The zero-order valence-electron chi connectivity index (χ0n) is 9.26. The zero-order valence-corrected chi connectivity index (χ0v) is 9.26. The van der Waals surface area contributed by atoms with E-state index in [4.69, 9.17) is 0 Å². The van der Waals surface area contributed by atoms with Gasteiger partial charge in [-0.05, 0) is 24.5 Å². The van der Waals surface area contributed by atoms with E-state index in [9.17, 15) is 18.0 Å². The maximum absolute atomic E-state index is 12.5. The van der Waals surface area contributed by atoms with Crippen LogP contribution in [0.4, 0.5) is 13.2 Å². The van der Waals surface area contributed by atoms with Gasteiger partial charge in [-0.1, -0.05) is 24.6 Å². The fourth-order valence-electron chi connectivity index (χ4n) is 2.27. The summed E-state index contributed by atoms with van der Waals surface area (Å²) < 4.78 is 37.6. The van der Waals surface area contributed by atoms with E-state index in [2.05, 4.69) is 0 Å². The van der Waals surface area contributed by atoms with Gasteiger partial charge in [0.05, 0.1) is 5.56 Å².